The summed E-state index contributed by atoms with van der Waals surface area (Å²) in [6.07, 6.45) is 1.56. The molecule has 1 N–H and O–H groups in total. The van der Waals surface area contributed by atoms with Crippen molar-refractivity contribution in [3.63, 3.8) is 0 Å². The average molecular weight is 238 g/mol. The Bertz CT molecular complexity index is 554. The third-order valence-electron chi connectivity index (χ3n) is 3.24. The van der Waals surface area contributed by atoms with E-state index in [4.69, 9.17) is 5.26 Å². The number of hydrogen-bond donors (Lipinski definition) is 1. The van der Waals surface area contributed by atoms with Gasteiger partial charge in [-0.25, -0.2) is 0 Å². The minimum atomic E-state index is 0.293. The van der Waals surface area contributed by atoms with Crippen molar-refractivity contribution >= 4 is 10.8 Å². The zero-order valence-corrected chi connectivity index (χ0v) is 10.7. The number of nitriles is 1. The third kappa shape index (κ3) is 3.09. The van der Waals surface area contributed by atoms with E-state index in [-0.39, 0.29) is 0 Å². The highest BCUT2D eigenvalue weighted by atomic mass is 14.9. The van der Waals surface area contributed by atoms with Crippen molar-refractivity contribution in [3.05, 3.63) is 48.0 Å². The van der Waals surface area contributed by atoms with Gasteiger partial charge in [0.15, 0.2) is 0 Å². The molecule has 0 aliphatic rings. The molecule has 0 fully saturated rings. The average Bonchev–Trinajstić information content (AvgIpc) is 2.43. The van der Waals surface area contributed by atoms with Crippen molar-refractivity contribution in [1.29, 1.82) is 5.26 Å². The lowest BCUT2D eigenvalue weighted by Crippen LogP contribution is -2.27. The summed E-state index contributed by atoms with van der Waals surface area (Å²) in [6.45, 7) is 2.93. The van der Waals surface area contributed by atoms with Crippen molar-refractivity contribution in [3.8, 4) is 6.07 Å². The summed E-state index contributed by atoms with van der Waals surface area (Å²) in [5, 5.41) is 14.7. The van der Waals surface area contributed by atoms with Crippen LogP contribution in [0.4, 0.5) is 0 Å². The number of rotatable bonds is 5. The van der Waals surface area contributed by atoms with Gasteiger partial charge in [0.05, 0.1) is 12.5 Å². The predicted octanol–water partition coefficient (Wildman–Crippen LogP) is 3.62. The number of nitrogens with zero attached hydrogens (tertiary/aromatic N) is 1. The van der Waals surface area contributed by atoms with E-state index >= 15 is 0 Å². The van der Waals surface area contributed by atoms with Gasteiger partial charge in [0.1, 0.15) is 0 Å². The highest BCUT2D eigenvalue weighted by Gasteiger charge is 2.04. The Balaban J connectivity index is 2.06. The Morgan fingerprint density at radius 2 is 1.94 bits per heavy atom. The quantitative estimate of drug-likeness (QED) is 0.863. The first kappa shape index (κ1) is 12.6. The van der Waals surface area contributed by atoms with E-state index in [0.717, 1.165) is 13.0 Å². The smallest absolute Gasteiger partial charge is 0.0638 e. The maximum atomic E-state index is 8.72. The zero-order chi connectivity index (χ0) is 12.8. The van der Waals surface area contributed by atoms with E-state index in [0.29, 0.717) is 12.5 Å². The molecule has 0 saturated heterocycles. The number of nitrogens with one attached hydrogen (secondary N) is 1. The Morgan fingerprint density at radius 1 is 1.17 bits per heavy atom. The zero-order valence-electron chi connectivity index (χ0n) is 10.7. The van der Waals surface area contributed by atoms with Gasteiger partial charge in [0.25, 0.3) is 0 Å². The van der Waals surface area contributed by atoms with Gasteiger partial charge < -0.3 is 5.32 Å². The molecule has 2 rings (SSSR count). The van der Waals surface area contributed by atoms with Crippen LogP contribution in [-0.4, -0.2) is 6.04 Å². The molecule has 2 aromatic rings. The minimum absolute atomic E-state index is 0.293. The van der Waals surface area contributed by atoms with Crippen LogP contribution in [0.3, 0.4) is 0 Å². The van der Waals surface area contributed by atoms with Crippen LogP contribution < -0.4 is 5.32 Å². The van der Waals surface area contributed by atoms with Gasteiger partial charge in [-0.05, 0) is 28.8 Å². The second-order valence-corrected chi connectivity index (χ2v) is 4.53. The summed E-state index contributed by atoms with van der Waals surface area (Å²) < 4.78 is 0. The van der Waals surface area contributed by atoms with E-state index in [1.807, 2.05) is 0 Å². The Kier molecular flexibility index (Phi) is 4.33. The molecule has 0 aromatic heterocycles. The van der Waals surface area contributed by atoms with Crippen molar-refractivity contribution < 1.29 is 0 Å². The van der Waals surface area contributed by atoms with Crippen molar-refractivity contribution in [2.45, 2.75) is 32.4 Å². The summed E-state index contributed by atoms with van der Waals surface area (Å²) in [7, 11) is 0. The highest BCUT2D eigenvalue weighted by Crippen LogP contribution is 2.15. The van der Waals surface area contributed by atoms with Gasteiger partial charge in [0, 0.05) is 12.6 Å². The first-order valence-electron chi connectivity index (χ1n) is 6.41. The van der Waals surface area contributed by atoms with E-state index < -0.39 is 0 Å². The van der Waals surface area contributed by atoms with E-state index in [1.54, 1.807) is 0 Å². The van der Waals surface area contributed by atoms with Gasteiger partial charge in [-0.15, -0.1) is 0 Å². The van der Waals surface area contributed by atoms with Crippen LogP contribution >= 0.6 is 0 Å². The fourth-order valence-electron chi connectivity index (χ4n) is 2.08. The highest BCUT2D eigenvalue weighted by molar-refractivity contribution is 5.82. The standard InChI is InChI=1S/C16H18N2/c1-2-16(9-10-17)18-12-13-7-8-14-5-3-4-6-15(14)11-13/h3-8,11,16,18H,2,9,12H2,1H3. The lowest BCUT2D eigenvalue weighted by Gasteiger charge is -2.13. The molecule has 92 valence electrons. The van der Waals surface area contributed by atoms with Crippen LogP contribution in [0.15, 0.2) is 42.5 Å². The Morgan fingerprint density at radius 3 is 2.67 bits per heavy atom. The maximum Gasteiger partial charge on any atom is 0.0638 e. The molecule has 18 heavy (non-hydrogen) atoms. The molecule has 0 bridgehead atoms. The minimum Gasteiger partial charge on any atom is -0.309 e. The molecule has 1 atom stereocenters. The molecule has 1 unspecified atom stereocenters. The van der Waals surface area contributed by atoms with Gasteiger partial charge in [-0.3, -0.25) is 0 Å². The van der Waals surface area contributed by atoms with Crippen LogP contribution in [0.5, 0.6) is 0 Å². The van der Waals surface area contributed by atoms with E-state index in [1.165, 1.54) is 16.3 Å². The molecule has 0 aliphatic carbocycles. The molecular weight excluding hydrogens is 220 g/mol. The van der Waals surface area contributed by atoms with Crippen molar-refractivity contribution in [2.75, 3.05) is 0 Å². The van der Waals surface area contributed by atoms with E-state index in [9.17, 15) is 0 Å². The van der Waals surface area contributed by atoms with Crippen LogP contribution in [0.1, 0.15) is 25.3 Å². The van der Waals surface area contributed by atoms with Crippen LogP contribution in [0.25, 0.3) is 10.8 Å². The van der Waals surface area contributed by atoms with Crippen LogP contribution in [0.2, 0.25) is 0 Å². The summed E-state index contributed by atoms with van der Waals surface area (Å²) in [5.74, 6) is 0. The first-order chi connectivity index (χ1) is 8.83. The first-order valence-corrected chi connectivity index (χ1v) is 6.41. The molecule has 0 spiro atoms. The molecule has 2 heteroatoms. The topological polar surface area (TPSA) is 35.8 Å². The molecular formula is C16H18N2. The second kappa shape index (κ2) is 6.18. The van der Waals surface area contributed by atoms with Crippen molar-refractivity contribution in [1.82, 2.24) is 5.32 Å². The lowest BCUT2D eigenvalue weighted by atomic mass is 10.1. The molecule has 0 heterocycles. The molecule has 0 aliphatic heterocycles. The van der Waals surface area contributed by atoms with E-state index in [2.05, 4.69) is 60.8 Å². The lowest BCUT2D eigenvalue weighted by molar-refractivity contribution is 0.505. The largest absolute Gasteiger partial charge is 0.309 e. The summed E-state index contributed by atoms with van der Waals surface area (Å²) >= 11 is 0. The number of fused-ring (bicyclic) bond motifs is 1. The number of hydrogen-bond acceptors (Lipinski definition) is 2. The Labute approximate surface area is 108 Å². The molecule has 2 nitrogen and oxygen atoms in total. The van der Waals surface area contributed by atoms with Crippen molar-refractivity contribution in [2.24, 2.45) is 0 Å². The number of benzene rings is 2. The molecule has 2 aromatic carbocycles. The van der Waals surface area contributed by atoms with Gasteiger partial charge in [0.2, 0.25) is 0 Å². The van der Waals surface area contributed by atoms with Crippen LogP contribution in [0, 0.1) is 11.3 Å². The summed E-state index contributed by atoms with van der Waals surface area (Å²) in [5.41, 5.74) is 1.27. The predicted molar refractivity (Wildman–Crippen MR) is 75.1 cm³/mol. The SMILES string of the molecule is CCC(CC#N)NCc1ccc2ccccc2c1. The van der Waals surface area contributed by atoms with Crippen LogP contribution in [-0.2, 0) is 6.54 Å². The maximum absolute atomic E-state index is 8.72. The fraction of sp³-hybridized carbons (Fsp3) is 0.312. The molecule has 0 radical (unpaired) electrons. The normalized spacial score (nSPS) is 12.2. The third-order valence-corrected chi connectivity index (χ3v) is 3.24. The summed E-state index contributed by atoms with van der Waals surface area (Å²) in [4.78, 5) is 0. The molecule has 0 saturated carbocycles. The fourth-order valence-corrected chi connectivity index (χ4v) is 2.08. The second-order valence-electron chi connectivity index (χ2n) is 4.53. The summed E-state index contributed by atoms with van der Waals surface area (Å²) in [6, 6.07) is 17.4. The van der Waals surface area contributed by atoms with Gasteiger partial charge in [-0.1, -0.05) is 43.3 Å². The molecule has 0 amide bonds. The van der Waals surface area contributed by atoms with Gasteiger partial charge in [-0.2, -0.15) is 5.26 Å². The Hall–Kier alpha value is -1.85. The van der Waals surface area contributed by atoms with Gasteiger partial charge >= 0.3 is 0 Å². The monoisotopic (exact) mass is 238 g/mol.